The molecule has 34 heavy (non-hydrogen) atoms. The first-order chi connectivity index (χ1) is 16.2. The number of carbonyl (C=O) groups is 1. The third-order valence-electron chi connectivity index (χ3n) is 4.59. The topological polar surface area (TPSA) is 111 Å². The molecule has 4 aromatic rings. The summed E-state index contributed by atoms with van der Waals surface area (Å²) in [7, 11) is -3.33. The van der Waals surface area contributed by atoms with Gasteiger partial charge in [0, 0.05) is 16.3 Å². The van der Waals surface area contributed by atoms with Crippen molar-refractivity contribution in [3.63, 3.8) is 0 Å². The lowest BCUT2D eigenvalue weighted by Gasteiger charge is -2.12. The van der Waals surface area contributed by atoms with Crippen molar-refractivity contribution in [1.82, 2.24) is 15.2 Å². The molecular weight excluding hydrogens is 527 g/mol. The minimum Gasteiger partial charge on any atom is -0.456 e. The highest BCUT2D eigenvalue weighted by molar-refractivity contribution is 9.10. The number of hydrogen-bond acceptors (Lipinski definition) is 7. The lowest BCUT2D eigenvalue weighted by molar-refractivity contribution is 0.102. The maximum atomic E-state index is 13.2. The van der Waals surface area contributed by atoms with Crippen molar-refractivity contribution in [3.8, 4) is 22.8 Å². The van der Waals surface area contributed by atoms with Gasteiger partial charge in [0.05, 0.1) is 22.3 Å². The van der Waals surface area contributed by atoms with Crippen LogP contribution in [0.3, 0.4) is 0 Å². The van der Waals surface area contributed by atoms with Gasteiger partial charge in [0.15, 0.2) is 9.84 Å². The van der Waals surface area contributed by atoms with E-state index in [1.54, 1.807) is 30.3 Å². The molecule has 0 fully saturated rings. The minimum absolute atomic E-state index is 0.0506. The fraction of sp³-hybridized carbons (Fsp3) is 0.0435. The number of ether oxygens (including phenoxy) is 1. The second-order valence-corrected chi connectivity index (χ2v) is 10.0. The van der Waals surface area contributed by atoms with Gasteiger partial charge >= 0.3 is 0 Å². The number of carbonyl (C=O) groups excluding carboxylic acids is 1. The van der Waals surface area contributed by atoms with Crippen molar-refractivity contribution in [2.24, 2.45) is 0 Å². The number of halogens is 2. The molecule has 0 atom stereocenters. The number of amides is 1. The fourth-order valence-electron chi connectivity index (χ4n) is 2.94. The number of benzene rings is 3. The molecule has 1 amide bonds. The zero-order valence-electron chi connectivity index (χ0n) is 17.6. The molecule has 0 radical (unpaired) electrons. The first kappa shape index (κ1) is 23.5. The Balaban J connectivity index is 1.57. The first-order valence-electron chi connectivity index (χ1n) is 9.73. The molecule has 0 aliphatic rings. The number of anilines is 1. The summed E-state index contributed by atoms with van der Waals surface area (Å²) in [5.74, 6) is -0.415. The average molecular weight is 543 g/mol. The zero-order valence-corrected chi connectivity index (χ0v) is 20.0. The van der Waals surface area contributed by atoms with Gasteiger partial charge in [-0.05, 0) is 54.6 Å². The van der Waals surface area contributed by atoms with Gasteiger partial charge in [-0.15, -0.1) is 5.10 Å². The molecule has 0 spiro atoms. The summed E-state index contributed by atoms with van der Waals surface area (Å²) in [5.41, 5.74) is 1.18. The monoisotopic (exact) mass is 542 g/mol. The number of aromatic nitrogens is 3. The van der Waals surface area contributed by atoms with E-state index < -0.39 is 21.6 Å². The molecule has 0 bridgehead atoms. The number of rotatable bonds is 6. The van der Waals surface area contributed by atoms with E-state index in [2.05, 4.69) is 36.4 Å². The van der Waals surface area contributed by atoms with Crippen molar-refractivity contribution < 1.29 is 22.3 Å². The van der Waals surface area contributed by atoms with Crippen LogP contribution in [0.25, 0.3) is 11.3 Å². The van der Waals surface area contributed by atoms with Crippen LogP contribution in [0.15, 0.2) is 82.3 Å². The summed E-state index contributed by atoms with van der Waals surface area (Å²) in [6.45, 7) is 0. The standard InChI is InChI=1S/C23H16BrFN4O4S/c1-34(31,32)18-9-2-14(3-10-18)20-13-26-29-23(27-20)28-22(30)19-11-4-15(24)12-21(19)33-17-7-5-16(25)6-8-17/h2-13H,1H3,(H,27,28,29,30). The van der Waals surface area contributed by atoms with Gasteiger partial charge in [0.25, 0.3) is 5.91 Å². The van der Waals surface area contributed by atoms with Gasteiger partial charge in [-0.3, -0.25) is 10.1 Å². The largest absolute Gasteiger partial charge is 0.456 e. The Morgan fingerprint density at radius 1 is 1.03 bits per heavy atom. The summed E-state index contributed by atoms with van der Waals surface area (Å²) >= 11 is 3.35. The first-order valence-corrected chi connectivity index (χ1v) is 12.4. The number of nitrogens with zero attached hydrogens (tertiary/aromatic N) is 3. The van der Waals surface area contributed by atoms with Crippen molar-refractivity contribution in [2.75, 3.05) is 11.6 Å². The van der Waals surface area contributed by atoms with E-state index in [4.69, 9.17) is 4.74 Å². The SMILES string of the molecule is CS(=O)(=O)c1ccc(-c2cnnc(NC(=O)c3ccc(Br)cc3Oc3ccc(F)cc3)n2)cc1. The van der Waals surface area contributed by atoms with Crippen LogP contribution in [0.5, 0.6) is 11.5 Å². The fourth-order valence-corrected chi connectivity index (χ4v) is 3.91. The van der Waals surface area contributed by atoms with Crippen LogP contribution in [-0.2, 0) is 9.84 Å². The number of nitrogens with one attached hydrogen (secondary N) is 1. The highest BCUT2D eigenvalue weighted by atomic mass is 79.9. The molecule has 0 aliphatic heterocycles. The molecule has 0 saturated carbocycles. The molecule has 1 aromatic heterocycles. The van der Waals surface area contributed by atoms with Crippen LogP contribution in [0.4, 0.5) is 10.3 Å². The molecular formula is C23H16BrFN4O4S. The maximum absolute atomic E-state index is 13.2. The molecule has 11 heteroatoms. The highest BCUT2D eigenvalue weighted by Gasteiger charge is 2.16. The summed E-state index contributed by atoms with van der Waals surface area (Å²) < 4.78 is 43.0. The van der Waals surface area contributed by atoms with Gasteiger partial charge in [0.1, 0.15) is 17.3 Å². The molecule has 8 nitrogen and oxygen atoms in total. The van der Waals surface area contributed by atoms with E-state index >= 15 is 0 Å². The van der Waals surface area contributed by atoms with E-state index in [9.17, 15) is 17.6 Å². The van der Waals surface area contributed by atoms with Crippen LogP contribution < -0.4 is 10.1 Å². The molecule has 0 unspecified atom stereocenters. The van der Waals surface area contributed by atoms with E-state index in [0.29, 0.717) is 21.5 Å². The second kappa shape index (κ2) is 9.65. The average Bonchev–Trinajstić information content (AvgIpc) is 2.80. The predicted octanol–water partition coefficient (Wildman–Crippen LogP) is 4.89. The molecule has 4 rings (SSSR count). The van der Waals surface area contributed by atoms with Crippen LogP contribution in [0.1, 0.15) is 10.4 Å². The molecule has 1 heterocycles. The van der Waals surface area contributed by atoms with Gasteiger partial charge in [0.2, 0.25) is 5.95 Å². The van der Waals surface area contributed by atoms with E-state index in [0.717, 1.165) is 6.26 Å². The Morgan fingerprint density at radius 2 is 1.74 bits per heavy atom. The second-order valence-electron chi connectivity index (χ2n) is 7.11. The minimum atomic E-state index is -3.33. The molecule has 0 aliphatic carbocycles. The number of sulfone groups is 1. The molecule has 172 valence electrons. The summed E-state index contributed by atoms with van der Waals surface area (Å²) in [4.78, 5) is 17.4. The predicted molar refractivity (Wildman–Crippen MR) is 127 cm³/mol. The summed E-state index contributed by atoms with van der Waals surface area (Å²) in [6.07, 6.45) is 2.52. The van der Waals surface area contributed by atoms with Crippen molar-refractivity contribution >= 4 is 37.6 Å². The van der Waals surface area contributed by atoms with Crippen molar-refractivity contribution in [2.45, 2.75) is 4.90 Å². The lowest BCUT2D eigenvalue weighted by atomic mass is 10.2. The Morgan fingerprint density at radius 3 is 2.41 bits per heavy atom. The molecule has 0 saturated heterocycles. The van der Waals surface area contributed by atoms with Crippen LogP contribution in [-0.4, -0.2) is 35.8 Å². The van der Waals surface area contributed by atoms with Gasteiger partial charge in [-0.2, -0.15) is 5.10 Å². The van der Waals surface area contributed by atoms with Crippen LogP contribution in [0.2, 0.25) is 0 Å². The normalized spacial score (nSPS) is 11.1. The van der Waals surface area contributed by atoms with Gasteiger partial charge in [-0.25, -0.2) is 17.8 Å². The third kappa shape index (κ3) is 5.61. The van der Waals surface area contributed by atoms with Crippen LogP contribution >= 0.6 is 15.9 Å². The van der Waals surface area contributed by atoms with Crippen molar-refractivity contribution in [3.05, 3.63) is 88.8 Å². The Bertz CT molecular complexity index is 1460. The Kier molecular flexibility index (Phi) is 6.66. The van der Waals surface area contributed by atoms with E-state index in [-0.39, 0.29) is 22.2 Å². The lowest BCUT2D eigenvalue weighted by Crippen LogP contribution is -2.16. The number of hydrogen-bond donors (Lipinski definition) is 1. The Hall–Kier alpha value is -3.70. The van der Waals surface area contributed by atoms with Crippen molar-refractivity contribution in [1.29, 1.82) is 0 Å². The summed E-state index contributed by atoms with van der Waals surface area (Å²) in [6, 6.07) is 16.3. The summed E-state index contributed by atoms with van der Waals surface area (Å²) in [5, 5.41) is 10.3. The molecule has 1 N–H and O–H groups in total. The smallest absolute Gasteiger partial charge is 0.261 e. The van der Waals surface area contributed by atoms with E-state index in [1.807, 2.05) is 0 Å². The maximum Gasteiger partial charge on any atom is 0.261 e. The van der Waals surface area contributed by atoms with Gasteiger partial charge in [-0.1, -0.05) is 28.1 Å². The van der Waals surface area contributed by atoms with E-state index in [1.165, 1.54) is 42.6 Å². The highest BCUT2D eigenvalue weighted by Crippen LogP contribution is 2.29. The van der Waals surface area contributed by atoms with Crippen LogP contribution in [0, 0.1) is 5.82 Å². The quantitative estimate of drug-likeness (QED) is 0.369. The molecule has 3 aromatic carbocycles. The van der Waals surface area contributed by atoms with Gasteiger partial charge < -0.3 is 4.74 Å². The zero-order chi connectivity index (χ0) is 24.3. The third-order valence-corrected chi connectivity index (χ3v) is 6.21. The Labute approximate surface area is 202 Å².